The van der Waals surface area contributed by atoms with E-state index in [1.807, 2.05) is 11.8 Å². The molecular formula is C19H35N3O2. The molecule has 0 bridgehead atoms. The summed E-state index contributed by atoms with van der Waals surface area (Å²) in [7, 11) is 0. The first-order chi connectivity index (χ1) is 11.4. The molecule has 2 N–H and O–H groups in total. The van der Waals surface area contributed by atoms with Crippen molar-refractivity contribution in [1.29, 1.82) is 0 Å². The van der Waals surface area contributed by atoms with E-state index in [1.54, 1.807) is 0 Å². The van der Waals surface area contributed by atoms with Crippen LogP contribution in [0, 0.1) is 5.41 Å². The van der Waals surface area contributed by atoms with Gasteiger partial charge in [-0.15, -0.1) is 0 Å². The summed E-state index contributed by atoms with van der Waals surface area (Å²) < 4.78 is 5.78. The second kappa shape index (κ2) is 6.93. The van der Waals surface area contributed by atoms with Crippen molar-refractivity contribution in [2.24, 2.45) is 11.1 Å². The number of rotatable bonds is 4. The fourth-order valence-corrected chi connectivity index (χ4v) is 4.86. The molecule has 0 aromatic carbocycles. The van der Waals surface area contributed by atoms with Gasteiger partial charge < -0.3 is 15.4 Å². The quantitative estimate of drug-likeness (QED) is 0.852. The monoisotopic (exact) mass is 337 g/mol. The van der Waals surface area contributed by atoms with Crippen molar-refractivity contribution in [1.82, 2.24) is 9.80 Å². The Hall–Kier alpha value is -0.650. The lowest BCUT2D eigenvalue weighted by Crippen LogP contribution is -2.76. The molecule has 1 saturated heterocycles. The molecule has 0 spiro atoms. The Labute approximate surface area is 146 Å². The van der Waals surface area contributed by atoms with Crippen LogP contribution in [-0.2, 0) is 9.53 Å². The highest BCUT2D eigenvalue weighted by molar-refractivity contribution is 5.89. The number of carbonyl (C=O) groups is 1. The molecule has 2 saturated carbocycles. The largest absolute Gasteiger partial charge is 0.378 e. The van der Waals surface area contributed by atoms with Gasteiger partial charge in [-0.25, -0.2) is 0 Å². The third-order valence-corrected chi connectivity index (χ3v) is 6.87. The summed E-state index contributed by atoms with van der Waals surface area (Å²) in [5, 5.41) is 0. The number of hydrogen-bond acceptors (Lipinski definition) is 4. The van der Waals surface area contributed by atoms with Gasteiger partial charge in [-0.05, 0) is 26.2 Å². The molecule has 1 amide bonds. The van der Waals surface area contributed by atoms with Crippen LogP contribution in [0.15, 0.2) is 0 Å². The number of amides is 1. The average molecular weight is 338 g/mol. The number of nitrogens with zero attached hydrogens (tertiary/aromatic N) is 2. The van der Waals surface area contributed by atoms with Gasteiger partial charge in [0.2, 0.25) is 5.91 Å². The van der Waals surface area contributed by atoms with Crippen LogP contribution in [0.25, 0.3) is 0 Å². The molecular weight excluding hydrogens is 302 g/mol. The van der Waals surface area contributed by atoms with Crippen LogP contribution in [0.5, 0.6) is 0 Å². The molecule has 3 fully saturated rings. The molecule has 0 aromatic heterocycles. The minimum Gasteiger partial charge on any atom is -0.378 e. The minimum absolute atomic E-state index is 0.0958. The van der Waals surface area contributed by atoms with E-state index >= 15 is 0 Å². The Morgan fingerprint density at radius 1 is 1.12 bits per heavy atom. The Kier molecular flexibility index (Phi) is 5.24. The first-order valence-corrected chi connectivity index (χ1v) is 9.84. The molecule has 5 nitrogen and oxygen atoms in total. The van der Waals surface area contributed by atoms with Crippen LogP contribution in [-0.4, -0.2) is 66.2 Å². The highest BCUT2D eigenvalue weighted by atomic mass is 16.5. The first kappa shape index (κ1) is 18.2. The molecule has 0 radical (unpaired) electrons. The summed E-state index contributed by atoms with van der Waals surface area (Å²) in [6.07, 6.45) is 7.20. The lowest BCUT2D eigenvalue weighted by atomic mass is 9.54. The van der Waals surface area contributed by atoms with Crippen LogP contribution in [0.2, 0.25) is 0 Å². The first-order valence-electron chi connectivity index (χ1n) is 9.84. The van der Waals surface area contributed by atoms with Gasteiger partial charge >= 0.3 is 0 Å². The molecule has 5 heteroatoms. The molecule has 138 valence electrons. The predicted octanol–water partition coefficient (Wildman–Crippen LogP) is 2.00. The van der Waals surface area contributed by atoms with E-state index in [-0.39, 0.29) is 17.4 Å². The van der Waals surface area contributed by atoms with Crippen molar-refractivity contribution in [3.8, 4) is 0 Å². The van der Waals surface area contributed by atoms with E-state index in [4.69, 9.17) is 10.5 Å². The third-order valence-electron chi connectivity index (χ3n) is 6.87. The van der Waals surface area contributed by atoms with E-state index in [2.05, 4.69) is 18.7 Å². The summed E-state index contributed by atoms with van der Waals surface area (Å²) in [6, 6.07) is 0.745. The smallest absolute Gasteiger partial charge is 0.243 e. The van der Waals surface area contributed by atoms with Gasteiger partial charge in [-0.2, -0.15) is 0 Å². The fraction of sp³-hybridized carbons (Fsp3) is 0.947. The summed E-state index contributed by atoms with van der Waals surface area (Å²) >= 11 is 0. The van der Waals surface area contributed by atoms with Gasteiger partial charge in [0.15, 0.2) is 0 Å². The molecule has 1 aliphatic heterocycles. The van der Waals surface area contributed by atoms with Gasteiger partial charge in [0.1, 0.15) is 5.54 Å². The standard InChI is InChI=1S/C19H35N3O2/c1-4-24-16-14-19(20,18(16,2)3)17(23)22-11-7-10-21(12-13-22)15-8-5-6-9-15/h15-16H,4-14,20H2,1-3H3. The molecule has 0 aromatic rings. The molecule has 2 unspecified atom stereocenters. The van der Waals surface area contributed by atoms with Crippen LogP contribution >= 0.6 is 0 Å². The van der Waals surface area contributed by atoms with Gasteiger partial charge in [0.05, 0.1) is 6.10 Å². The maximum atomic E-state index is 13.2. The van der Waals surface area contributed by atoms with Crippen LogP contribution in [0.1, 0.15) is 59.3 Å². The minimum atomic E-state index is -0.768. The van der Waals surface area contributed by atoms with Crippen LogP contribution < -0.4 is 5.73 Å². The Morgan fingerprint density at radius 2 is 1.83 bits per heavy atom. The zero-order valence-corrected chi connectivity index (χ0v) is 15.7. The maximum absolute atomic E-state index is 13.2. The second-order valence-corrected chi connectivity index (χ2v) is 8.46. The molecule has 24 heavy (non-hydrogen) atoms. The van der Waals surface area contributed by atoms with Gasteiger partial charge in [-0.1, -0.05) is 26.7 Å². The van der Waals surface area contributed by atoms with E-state index < -0.39 is 5.54 Å². The summed E-state index contributed by atoms with van der Waals surface area (Å²) in [5.74, 6) is 0.136. The molecule has 1 heterocycles. The van der Waals surface area contributed by atoms with E-state index in [0.717, 1.165) is 38.6 Å². The van der Waals surface area contributed by atoms with Crippen LogP contribution in [0.4, 0.5) is 0 Å². The molecule has 2 aliphatic carbocycles. The SMILES string of the molecule is CCOC1CC(N)(C(=O)N2CCCN(C3CCCC3)CC2)C1(C)C. The van der Waals surface area contributed by atoms with Crippen molar-refractivity contribution in [3.63, 3.8) is 0 Å². The zero-order valence-electron chi connectivity index (χ0n) is 15.7. The number of nitrogens with two attached hydrogens (primary N) is 1. The van der Waals surface area contributed by atoms with Crippen molar-refractivity contribution in [2.75, 3.05) is 32.8 Å². The van der Waals surface area contributed by atoms with Gasteiger partial charge in [0, 0.05) is 50.7 Å². The Bertz CT molecular complexity index is 462. The van der Waals surface area contributed by atoms with Gasteiger partial charge in [-0.3, -0.25) is 9.69 Å². The normalized spacial score (nSPS) is 34.8. The zero-order chi connectivity index (χ0) is 17.4. The van der Waals surface area contributed by atoms with E-state index in [0.29, 0.717) is 13.0 Å². The third kappa shape index (κ3) is 2.99. The van der Waals surface area contributed by atoms with Crippen molar-refractivity contribution >= 4 is 5.91 Å². The highest BCUT2D eigenvalue weighted by Gasteiger charge is 2.63. The van der Waals surface area contributed by atoms with Crippen LogP contribution in [0.3, 0.4) is 0 Å². The number of ether oxygens (including phenoxy) is 1. The predicted molar refractivity (Wildman–Crippen MR) is 95.8 cm³/mol. The van der Waals surface area contributed by atoms with Crippen molar-refractivity contribution in [2.45, 2.75) is 77.0 Å². The van der Waals surface area contributed by atoms with Gasteiger partial charge in [0.25, 0.3) is 0 Å². The number of carbonyl (C=O) groups excluding carboxylic acids is 1. The molecule has 2 atom stereocenters. The summed E-state index contributed by atoms with van der Waals surface area (Å²) in [5.41, 5.74) is 5.54. The molecule has 3 aliphatic rings. The van der Waals surface area contributed by atoms with E-state index in [1.165, 1.54) is 25.7 Å². The topological polar surface area (TPSA) is 58.8 Å². The summed E-state index contributed by atoms with van der Waals surface area (Å²) in [4.78, 5) is 17.8. The molecule has 3 rings (SSSR count). The van der Waals surface area contributed by atoms with Crippen molar-refractivity contribution in [3.05, 3.63) is 0 Å². The maximum Gasteiger partial charge on any atom is 0.243 e. The average Bonchev–Trinajstić information content (AvgIpc) is 2.98. The lowest BCUT2D eigenvalue weighted by molar-refractivity contribution is -0.179. The fourth-order valence-electron chi connectivity index (χ4n) is 4.86. The highest BCUT2D eigenvalue weighted by Crippen LogP contribution is 2.50. The number of hydrogen-bond donors (Lipinski definition) is 1. The second-order valence-electron chi connectivity index (χ2n) is 8.46. The lowest BCUT2D eigenvalue weighted by Gasteiger charge is -2.58. The van der Waals surface area contributed by atoms with Crippen molar-refractivity contribution < 1.29 is 9.53 Å². The van der Waals surface area contributed by atoms with E-state index in [9.17, 15) is 4.79 Å². The Morgan fingerprint density at radius 3 is 2.46 bits per heavy atom. The summed E-state index contributed by atoms with van der Waals surface area (Å²) in [6.45, 7) is 10.6. The Balaban J connectivity index is 1.61.